The highest BCUT2D eigenvalue weighted by Gasteiger charge is 2.48. The predicted octanol–water partition coefficient (Wildman–Crippen LogP) is 0.422. The van der Waals surface area contributed by atoms with Crippen LogP contribution in [-0.2, 0) is 4.74 Å². The highest BCUT2D eigenvalue weighted by Crippen LogP contribution is 2.30. The molecule has 7 heteroatoms. The van der Waals surface area contributed by atoms with Gasteiger partial charge in [-0.25, -0.2) is 4.79 Å². The second-order valence-corrected chi connectivity index (χ2v) is 7.03. The minimum Gasteiger partial charge on any atom is -0.444 e. The third-order valence-corrected chi connectivity index (χ3v) is 3.93. The van der Waals surface area contributed by atoms with Crippen molar-refractivity contribution in [1.82, 2.24) is 4.90 Å². The summed E-state index contributed by atoms with van der Waals surface area (Å²) in [6.07, 6.45) is -6.32. The Hall–Kier alpha value is -1.67. The number of carbonyl (C=O) groups is 1. The van der Waals surface area contributed by atoms with E-state index < -0.39 is 42.2 Å². The summed E-state index contributed by atoms with van der Waals surface area (Å²) in [5.41, 5.74) is -0.288. The lowest BCUT2D eigenvalue weighted by molar-refractivity contribution is -0.156. The number of likely N-dealkylation sites (tertiary alicyclic amines) is 1. The Labute approximate surface area is 141 Å². The van der Waals surface area contributed by atoms with Gasteiger partial charge in [-0.2, -0.15) is 0 Å². The number of amides is 1. The maximum atomic E-state index is 12.4. The molecular weight excluding hydrogens is 314 g/mol. The van der Waals surface area contributed by atoms with Gasteiger partial charge in [0.25, 0.3) is 0 Å². The molecule has 1 heterocycles. The first-order valence-corrected chi connectivity index (χ1v) is 7.88. The van der Waals surface area contributed by atoms with Gasteiger partial charge in [0.05, 0.1) is 12.6 Å². The Bertz CT molecular complexity index is 558. The van der Waals surface area contributed by atoms with E-state index in [4.69, 9.17) is 4.74 Å². The Balaban J connectivity index is 2.32. The van der Waals surface area contributed by atoms with Gasteiger partial charge >= 0.3 is 6.09 Å². The molecule has 1 amide bonds. The Morgan fingerprint density at radius 1 is 1.17 bits per heavy atom. The van der Waals surface area contributed by atoms with E-state index in [9.17, 15) is 25.2 Å². The van der Waals surface area contributed by atoms with Crippen molar-refractivity contribution in [3.63, 3.8) is 0 Å². The van der Waals surface area contributed by atoms with E-state index in [0.717, 1.165) is 4.90 Å². The topological polar surface area (TPSA) is 110 Å². The van der Waals surface area contributed by atoms with Crippen molar-refractivity contribution < 1.29 is 30.0 Å². The number of hydrogen-bond donors (Lipinski definition) is 4. The van der Waals surface area contributed by atoms with Crippen LogP contribution in [0.15, 0.2) is 30.3 Å². The predicted molar refractivity (Wildman–Crippen MR) is 86.2 cm³/mol. The molecule has 1 aromatic rings. The third-order valence-electron chi connectivity index (χ3n) is 3.93. The lowest BCUT2D eigenvalue weighted by Crippen LogP contribution is -2.64. The third kappa shape index (κ3) is 4.05. The monoisotopic (exact) mass is 339 g/mol. The summed E-state index contributed by atoms with van der Waals surface area (Å²) in [4.78, 5) is 13.5. The summed E-state index contributed by atoms with van der Waals surface area (Å²) in [6.45, 7) is 4.83. The van der Waals surface area contributed by atoms with E-state index in [-0.39, 0.29) is 6.54 Å². The number of rotatable bonds is 2. The summed E-state index contributed by atoms with van der Waals surface area (Å²) in [5.74, 6) is 0. The fourth-order valence-corrected chi connectivity index (χ4v) is 2.77. The summed E-state index contributed by atoms with van der Waals surface area (Å²) >= 11 is 0. The van der Waals surface area contributed by atoms with E-state index >= 15 is 0 Å². The normalized spacial score (nSPS) is 29.2. The van der Waals surface area contributed by atoms with E-state index in [1.807, 2.05) is 0 Å². The van der Waals surface area contributed by atoms with Crippen molar-refractivity contribution in [2.24, 2.45) is 0 Å². The van der Waals surface area contributed by atoms with Gasteiger partial charge in [0.1, 0.15) is 30.0 Å². The first-order valence-electron chi connectivity index (χ1n) is 7.88. The van der Waals surface area contributed by atoms with Crippen LogP contribution in [0.3, 0.4) is 0 Å². The number of β-amino-alcohol motifs (C(OH)–C–C–N with tert-alkyl or cyclic N) is 1. The lowest BCUT2D eigenvalue weighted by Gasteiger charge is -2.45. The van der Waals surface area contributed by atoms with Gasteiger partial charge in [0, 0.05) is 0 Å². The van der Waals surface area contributed by atoms with Crippen molar-refractivity contribution in [2.45, 2.75) is 56.8 Å². The Morgan fingerprint density at radius 2 is 1.75 bits per heavy atom. The molecule has 0 bridgehead atoms. The first-order chi connectivity index (χ1) is 11.1. The molecule has 24 heavy (non-hydrogen) atoms. The molecule has 4 N–H and O–H groups in total. The first kappa shape index (κ1) is 18.7. The molecule has 0 spiro atoms. The van der Waals surface area contributed by atoms with Gasteiger partial charge in [-0.1, -0.05) is 30.3 Å². The van der Waals surface area contributed by atoms with Crippen LogP contribution >= 0.6 is 0 Å². The zero-order valence-corrected chi connectivity index (χ0v) is 14.0. The average Bonchev–Trinajstić information content (AvgIpc) is 2.51. The quantitative estimate of drug-likeness (QED) is 0.622. The molecule has 1 aliphatic rings. The molecule has 134 valence electrons. The molecule has 0 aliphatic carbocycles. The van der Waals surface area contributed by atoms with Crippen molar-refractivity contribution in [2.75, 3.05) is 6.54 Å². The van der Waals surface area contributed by atoms with Crippen LogP contribution in [-0.4, -0.2) is 67.9 Å². The van der Waals surface area contributed by atoms with Crippen LogP contribution < -0.4 is 0 Å². The Morgan fingerprint density at radius 3 is 2.29 bits per heavy atom. The summed E-state index contributed by atoms with van der Waals surface area (Å²) in [5, 5.41) is 40.8. The minimum absolute atomic E-state index is 0.248. The van der Waals surface area contributed by atoms with Crippen LogP contribution in [0.4, 0.5) is 4.79 Å². The van der Waals surface area contributed by atoms with E-state index in [1.54, 1.807) is 51.1 Å². The molecular formula is C17H25NO6. The van der Waals surface area contributed by atoms with Gasteiger partial charge in [-0.15, -0.1) is 0 Å². The van der Waals surface area contributed by atoms with Gasteiger partial charge < -0.3 is 25.2 Å². The van der Waals surface area contributed by atoms with E-state index in [2.05, 4.69) is 0 Å². The number of aliphatic hydroxyl groups is 4. The van der Waals surface area contributed by atoms with Crippen molar-refractivity contribution in [1.29, 1.82) is 0 Å². The van der Waals surface area contributed by atoms with Crippen LogP contribution in [0.5, 0.6) is 0 Å². The second-order valence-electron chi connectivity index (χ2n) is 7.03. The summed E-state index contributed by atoms with van der Waals surface area (Å²) in [7, 11) is 0. The highest BCUT2D eigenvalue weighted by molar-refractivity contribution is 5.69. The summed E-state index contributed by atoms with van der Waals surface area (Å²) in [6, 6.07) is 7.39. The zero-order chi connectivity index (χ0) is 18.1. The number of benzene rings is 1. The highest BCUT2D eigenvalue weighted by atomic mass is 16.6. The molecule has 0 unspecified atom stereocenters. The van der Waals surface area contributed by atoms with Crippen LogP contribution in [0.25, 0.3) is 0 Å². The van der Waals surface area contributed by atoms with E-state index in [1.165, 1.54) is 0 Å². The largest absolute Gasteiger partial charge is 0.444 e. The molecule has 1 fully saturated rings. The maximum Gasteiger partial charge on any atom is 0.410 e. The SMILES string of the molecule is CC(C)(C)OC(=O)N1C[C@H](O)[C@H](O)[C@@H](O)[C@H]1[C@H](O)c1ccccc1. The molecule has 5 atom stereocenters. The van der Waals surface area contributed by atoms with Gasteiger partial charge in [0.2, 0.25) is 0 Å². The fraction of sp³-hybridized carbons (Fsp3) is 0.588. The zero-order valence-electron chi connectivity index (χ0n) is 14.0. The van der Waals surface area contributed by atoms with Crippen molar-refractivity contribution in [3.05, 3.63) is 35.9 Å². The van der Waals surface area contributed by atoms with Crippen LogP contribution in [0.2, 0.25) is 0 Å². The van der Waals surface area contributed by atoms with E-state index in [0.29, 0.717) is 5.56 Å². The number of nitrogens with zero attached hydrogens (tertiary/aromatic N) is 1. The molecule has 1 aliphatic heterocycles. The van der Waals surface area contributed by atoms with Gasteiger partial charge in [-0.05, 0) is 26.3 Å². The minimum atomic E-state index is -1.52. The molecule has 7 nitrogen and oxygen atoms in total. The lowest BCUT2D eigenvalue weighted by atomic mass is 9.88. The van der Waals surface area contributed by atoms with Gasteiger partial charge in [-0.3, -0.25) is 4.90 Å². The summed E-state index contributed by atoms with van der Waals surface area (Å²) < 4.78 is 5.30. The van der Waals surface area contributed by atoms with Crippen LogP contribution in [0.1, 0.15) is 32.4 Å². The van der Waals surface area contributed by atoms with Crippen molar-refractivity contribution in [3.8, 4) is 0 Å². The van der Waals surface area contributed by atoms with Gasteiger partial charge in [0.15, 0.2) is 0 Å². The molecule has 2 rings (SSSR count). The smallest absolute Gasteiger partial charge is 0.410 e. The number of aliphatic hydroxyl groups excluding tert-OH is 4. The van der Waals surface area contributed by atoms with Crippen molar-refractivity contribution >= 4 is 6.09 Å². The second kappa shape index (κ2) is 7.06. The molecule has 1 saturated heterocycles. The number of hydrogen-bond acceptors (Lipinski definition) is 6. The molecule has 0 saturated carbocycles. The fourth-order valence-electron chi connectivity index (χ4n) is 2.77. The molecule has 0 radical (unpaired) electrons. The number of carbonyl (C=O) groups excluding carboxylic acids is 1. The Kier molecular flexibility index (Phi) is 5.49. The maximum absolute atomic E-state index is 12.4. The average molecular weight is 339 g/mol. The molecule has 0 aromatic heterocycles. The standard InChI is InChI=1S/C17H25NO6/c1-17(2,3)24-16(23)18-9-11(19)14(21)15(22)12(18)13(20)10-7-5-4-6-8-10/h4-8,11-15,19-22H,9H2,1-3H3/t11-,12+,13+,14-,15-/m0/s1. The number of ether oxygens (including phenoxy) is 1. The molecule has 1 aromatic carbocycles. The van der Waals surface area contributed by atoms with Crippen LogP contribution in [0, 0.1) is 0 Å². The number of piperidine rings is 1.